The van der Waals surface area contributed by atoms with E-state index in [2.05, 4.69) is 5.32 Å². The summed E-state index contributed by atoms with van der Waals surface area (Å²) in [4.78, 5) is 15.2. The standard InChI is InChI=1S/C25H18Cl2F5N3O/c26-15-4-1-14(2-5-15)3-8-19(36)33-16-6-7-18(17(27)13-16)34-9-11-35(12-10-34)25-23(31)21(29)20(28)22(30)24(25)32/h1-8,13H,9-12H2,(H,33,36). The summed E-state index contributed by atoms with van der Waals surface area (Å²) in [7, 11) is 0. The van der Waals surface area contributed by atoms with Crippen LogP contribution in [0.3, 0.4) is 0 Å². The summed E-state index contributed by atoms with van der Waals surface area (Å²) in [5.74, 6) is -10.2. The minimum absolute atomic E-state index is 0.00264. The number of carbonyl (C=O) groups excluding carboxylic acids is 1. The van der Waals surface area contributed by atoms with Crippen LogP contribution >= 0.6 is 23.2 Å². The van der Waals surface area contributed by atoms with Gasteiger partial charge in [-0.05, 0) is 42.0 Å². The van der Waals surface area contributed by atoms with Gasteiger partial charge in [-0.3, -0.25) is 4.79 Å². The molecule has 1 amide bonds. The summed E-state index contributed by atoms with van der Waals surface area (Å²) in [6.07, 6.45) is 3.00. The number of nitrogens with zero attached hydrogens (tertiary/aromatic N) is 2. The Bertz CT molecular complexity index is 1300. The third kappa shape index (κ3) is 5.42. The van der Waals surface area contributed by atoms with Crippen molar-refractivity contribution < 1.29 is 26.7 Å². The molecule has 1 saturated heterocycles. The first-order valence-corrected chi connectivity index (χ1v) is 11.5. The number of benzene rings is 3. The Balaban J connectivity index is 1.40. The molecule has 1 fully saturated rings. The van der Waals surface area contributed by atoms with Gasteiger partial charge in [0, 0.05) is 43.0 Å². The first-order valence-electron chi connectivity index (χ1n) is 10.7. The molecule has 3 aromatic carbocycles. The van der Waals surface area contributed by atoms with E-state index < -0.39 is 34.8 Å². The van der Waals surface area contributed by atoms with Gasteiger partial charge in [-0.15, -0.1) is 0 Å². The number of hydrogen-bond donors (Lipinski definition) is 1. The Kier molecular flexibility index (Phi) is 7.70. The van der Waals surface area contributed by atoms with E-state index in [9.17, 15) is 26.7 Å². The number of anilines is 3. The zero-order valence-corrected chi connectivity index (χ0v) is 20.0. The highest BCUT2D eigenvalue weighted by Crippen LogP contribution is 2.33. The van der Waals surface area contributed by atoms with Crippen LogP contribution in [0.15, 0.2) is 48.5 Å². The maximum atomic E-state index is 14.1. The van der Waals surface area contributed by atoms with Gasteiger partial charge in [0.25, 0.3) is 0 Å². The fourth-order valence-electron chi connectivity index (χ4n) is 3.81. The van der Waals surface area contributed by atoms with E-state index >= 15 is 0 Å². The number of rotatable bonds is 5. The second kappa shape index (κ2) is 10.8. The average Bonchev–Trinajstić information content (AvgIpc) is 2.87. The minimum Gasteiger partial charge on any atom is -0.367 e. The molecule has 1 N–H and O–H groups in total. The molecule has 0 spiro atoms. The van der Waals surface area contributed by atoms with Crippen LogP contribution in [-0.4, -0.2) is 32.1 Å². The van der Waals surface area contributed by atoms with E-state index in [1.807, 2.05) is 4.90 Å². The average molecular weight is 542 g/mol. The van der Waals surface area contributed by atoms with Crippen molar-refractivity contribution in [1.82, 2.24) is 0 Å². The first kappa shape index (κ1) is 25.8. The van der Waals surface area contributed by atoms with Gasteiger partial charge in [0.2, 0.25) is 11.7 Å². The van der Waals surface area contributed by atoms with Crippen LogP contribution in [0.2, 0.25) is 10.0 Å². The Morgan fingerprint density at radius 3 is 1.92 bits per heavy atom. The van der Waals surface area contributed by atoms with Crippen molar-refractivity contribution >= 4 is 52.2 Å². The van der Waals surface area contributed by atoms with Gasteiger partial charge < -0.3 is 15.1 Å². The van der Waals surface area contributed by atoms with Gasteiger partial charge in [0.15, 0.2) is 23.3 Å². The van der Waals surface area contributed by atoms with Crippen molar-refractivity contribution in [3.05, 3.63) is 93.2 Å². The molecule has 1 aliphatic heterocycles. The highest BCUT2D eigenvalue weighted by Gasteiger charge is 2.31. The zero-order chi connectivity index (χ0) is 26.0. The van der Waals surface area contributed by atoms with Crippen LogP contribution < -0.4 is 15.1 Å². The Morgan fingerprint density at radius 1 is 0.778 bits per heavy atom. The molecule has 0 saturated carbocycles. The van der Waals surface area contributed by atoms with Crippen LogP contribution in [0.5, 0.6) is 0 Å². The molecule has 0 atom stereocenters. The van der Waals surface area contributed by atoms with Crippen molar-refractivity contribution in [2.45, 2.75) is 0 Å². The topological polar surface area (TPSA) is 35.6 Å². The maximum Gasteiger partial charge on any atom is 0.248 e. The molecule has 0 radical (unpaired) electrons. The number of amides is 1. The monoisotopic (exact) mass is 541 g/mol. The lowest BCUT2D eigenvalue weighted by molar-refractivity contribution is -0.111. The minimum atomic E-state index is -2.19. The largest absolute Gasteiger partial charge is 0.367 e. The Morgan fingerprint density at radius 2 is 1.33 bits per heavy atom. The number of halogens is 7. The van der Waals surface area contributed by atoms with Crippen LogP contribution in [0.25, 0.3) is 6.08 Å². The summed E-state index contributed by atoms with van der Waals surface area (Å²) in [6, 6.07) is 11.8. The van der Waals surface area contributed by atoms with Crippen molar-refractivity contribution in [2.75, 3.05) is 41.3 Å². The van der Waals surface area contributed by atoms with Gasteiger partial charge in [-0.1, -0.05) is 35.3 Å². The van der Waals surface area contributed by atoms with Crippen LogP contribution in [0.1, 0.15) is 5.56 Å². The lowest BCUT2D eigenvalue weighted by Gasteiger charge is -2.38. The van der Waals surface area contributed by atoms with Crippen molar-refractivity contribution in [2.24, 2.45) is 0 Å². The quantitative estimate of drug-likeness (QED) is 0.169. The molecular formula is C25H18Cl2F5N3O. The molecule has 36 heavy (non-hydrogen) atoms. The van der Waals surface area contributed by atoms with Gasteiger partial charge in [-0.2, -0.15) is 0 Å². The fraction of sp³-hybridized carbons (Fsp3) is 0.160. The summed E-state index contributed by atoms with van der Waals surface area (Å²) >= 11 is 12.2. The van der Waals surface area contributed by atoms with Crippen molar-refractivity contribution in [1.29, 1.82) is 0 Å². The number of nitrogens with one attached hydrogen (secondary N) is 1. The predicted octanol–water partition coefficient (Wildman–Crippen LogP) is 6.67. The van der Waals surface area contributed by atoms with Crippen LogP contribution in [0, 0.1) is 29.1 Å². The molecule has 3 aromatic rings. The number of hydrogen-bond acceptors (Lipinski definition) is 3. The molecule has 4 rings (SSSR count). The van der Waals surface area contributed by atoms with Crippen molar-refractivity contribution in [3.63, 3.8) is 0 Å². The second-order valence-corrected chi connectivity index (χ2v) is 8.78. The molecular weight excluding hydrogens is 524 g/mol. The molecule has 1 heterocycles. The lowest BCUT2D eigenvalue weighted by Crippen LogP contribution is -2.47. The lowest BCUT2D eigenvalue weighted by atomic mass is 10.2. The molecule has 0 bridgehead atoms. The Labute approximate surface area is 213 Å². The highest BCUT2D eigenvalue weighted by molar-refractivity contribution is 6.33. The SMILES string of the molecule is O=C(C=Cc1ccc(Cl)cc1)Nc1ccc(N2CCN(c3c(F)c(F)c(F)c(F)c3F)CC2)c(Cl)c1. The van der Waals surface area contributed by atoms with Gasteiger partial charge in [-0.25, -0.2) is 22.0 Å². The molecule has 188 valence electrons. The van der Waals surface area contributed by atoms with E-state index in [1.165, 1.54) is 6.08 Å². The molecule has 11 heteroatoms. The van der Waals surface area contributed by atoms with E-state index in [4.69, 9.17) is 23.2 Å². The zero-order valence-electron chi connectivity index (χ0n) is 18.5. The molecule has 0 aliphatic carbocycles. The molecule has 4 nitrogen and oxygen atoms in total. The highest BCUT2D eigenvalue weighted by atomic mass is 35.5. The maximum absolute atomic E-state index is 14.1. The Hall–Kier alpha value is -3.30. The number of carbonyl (C=O) groups is 1. The van der Waals surface area contributed by atoms with E-state index in [-0.39, 0.29) is 32.1 Å². The van der Waals surface area contributed by atoms with Gasteiger partial charge in [0.1, 0.15) is 5.69 Å². The molecule has 1 aliphatic rings. The van der Waals surface area contributed by atoms with E-state index in [0.29, 0.717) is 21.4 Å². The van der Waals surface area contributed by atoms with E-state index in [0.717, 1.165) is 10.5 Å². The van der Waals surface area contributed by atoms with Gasteiger partial charge >= 0.3 is 0 Å². The van der Waals surface area contributed by atoms with Crippen LogP contribution in [-0.2, 0) is 4.79 Å². The smallest absolute Gasteiger partial charge is 0.248 e. The third-order valence-corrected chi connectivity index (χ3v) is 6.19. The first-order chi connectivity index (χ1) is 17.2. The summed E-state index contributed by atoms with van der Waals surface area (Å²) in [5, 5.41) is 3.61. The molecule has 0 aromatic heterocycles. The summed E-state index contributed by atoms with van der Waals surface area (Å²) in [6.45, 7) is 0.439. The molecule has 0 unspecified atom stereocenters. The van der Waals surface area contributed by atoms with Crippen molar-refractivity contribution in [3.8, 4) is 0 Å². The normalized spacial score (nSPS) is 14.0. The van der Waals surface area contributed by atoms with Crippen LogP contribution in [0.4, 0.5) is 39.0 Å². The van der Waals surface area contributed by atoms with E-state index in [1.54, 1.807) is 48.5 Å². The second-order valence-electron chi connectivity index (χ2n) is 7.93. The predicted molar refractivity (Wildman–Crippen MR) is 131 cm³/mol. The summed E-state index contributed by atoms with van der Waals surface area (Å²) in [5.41, 5.74) is 0.910. The summed E-state index contributed by atoms with van der Waals surface area (Å²) < 4.78 is 68.8. The van der Waals surface area contributed by atoms with Gasteiger partial charge in [0.05, 0.1) is 10.7 Å². The fourth-order valence-corrected chi connectivity index (χ4v) is 4.24. The third-order valence-electron chi connectivity index (χ3n) is 5.64. The number of piperazine rings is 1.